The number of nitrogens with zero attached hydrogens (tertiary/aromatic N) is 8. The Kier molecular flexibility index (Phi) is 10.5. The lowest BCUT2D eigenvalue weighted by Gasteiger charge is -2.23. The Morgan fingerprint density at radius 1 is 0.837 bits per heavy atom. The van der Waals surface area contributed by atoms with Crippen molar-refractivity contribution < 1.29 is 51.6 Å². The van der Waals surface area contributed by atoms with E-state index in [-0.39, 0.29) is 31.1 Å². The molecule has 0 spiro atoms. The van der Waals surface area contributed by atoms with E-state index >= 15 is 0 Å². The summed E-state index contributed by atoms with van der Waals surface area (Å²) >= 11 is 0. The molecule has 23 heteroatoms. The molecular weight excluding hydrogens is 690 g/mol. The molecule has 8 atom stereocenters. The molecule has 0 amide bonds. The highest BCUT2D eigenvalue weighted by Gasteiger charge is 2.44. The molecular formula is C26H34N10O11P2. The van der Waals surface area contributed by atoms with Crippen molar-refractivity contribution in [2.45, 2.75) is 69.0 Å². The first-order valence-electron chi connectivity index (χ1n) is 15.0. The van der Waals surface area contributed by atoms with Gasteiger partial charge in [-0.25, -0.2) is 39.0 Å². The van der Waals surface area contributed by atoms with Gasteiger partial charge < -0.3 is 35.8 Å². The molecule has 49 heavy (non-hydrogen) atoms. The van der Waals surface area contributed by atoms with Crippen LogP contribution in [-0.2, 0) is 36.7 Å². The predicted octanol–water partition coefficient (Wildman–Crippen LogP) is 1.21. The van der Waals surface area contributed by atoms with Crippen LogP contribution in [0.2, 0.25) is 0 Å². The fourth-order valence-corrected chi connectivity index (χ4v) is 7.14. The van der Waals surface area contributed by atoms with Crippen LogP contribution < -0.4 is 11.5 Å². The maximum atomic E-state index is 13.2. The zero-order valence-corrected chi connectivity index (χ0v) is 27.5. The van der Waals surface area contributed by atoms with Crippen molar-refractivity contribution in [3.05, 3.63) is 25.3 Å². The highest BCUT2D eigenvalue weighted by molar-refractivity contribution is 7.47. The fraction of sp³-hybridized carbons (Fsp3) is 0.538. The molecule has 4 aromatic rings. The Morgan fingerprint density at radius 2 is 1.41 bits per heavy atom. The summed E-state index contributed by atoms with van der Waals surface area (Å²) in [6, 6.07) is 0. The first-order chi connectivity index (χ1) is 23.4. The number of hydrogen-bond acceptors (Lipinski definition) is 17. The van der Waals surface area contributed by atoms with Crippen LogP contribution >= 0.6 is 15.6 Å². The number of nitrogens with two attached hydrogens (primary N) is 2. The van der Waals surface area contributed by atoms with Crippen molar-refractivity contribution in [1.29, 1.82) is 0 Å². The summed E-state index contributed by atoms with van der Waals surface area (Å²) in [6.45, 7) is -1.18. The Labute approximate surface area is 278 Å². The van der Waals surface area contributed by atoms with Gasteiger partial charge in [-0.3, -0.25) is 27.2 Å². The number of terminal acetylenes is 1. The number of imidazole rings is 2. The number of phosphoric acid groups is 2. The van der Waals surface area contributed by atoms with Crippen LogP contribution in [0.25, 0.3) is 22.3 Å². The molecule has 2 aliphatic rings. The molecule has 0 radical (unpaired) electrons. The third-order valence-electron chi connectivity index (χ3n) is 7.82. The van der Waals surface area contributed by atoms with Gasteiger partial charge in [0.05, 0.1) is 38.6 Å². The Bertz CT molecular complexity index is 1920. The third kappa shape index (κ3) is 8.06. The molecule has 2 fully saturated rings. The average Bonchev–Trinajstić information content (AvgIpc) is 3.84. The van der Waals surface area contributed by atoms with Crippen LogP contribution in [-0.4, -0.2) is 98.2 Å². The zero-order valence-electron chi connectivity index (χ0n) is 25.7. The summed E-state index contributed by atoms with van der Waals surface area (Å²) in [5.41, 5.74) is 13.1. The van der Waals surface area contributed by atoms with E-state index in [9.17, 15) is 24.0 Å². The molecule has 2 aliphatic heterocycles. The minimum atomic E-state index is -4.87. The number of nitrogen functional groups attached to an aromatic ring is 2. The first kappa shape index (κ1) is 35.2. The van der Waals surface area contributed by atoms with Gasteiger partial charge in [0.25, 0.3) is 0 Å². The number of fused-ring (bicyclic) bond motifs is 2. The van der Waals surface area contributed by atoms with Gasteiger partial charge in [-0.05, 0) is 12.8 Å². The van der Waals surface area contributed by atoms with E-state index in [0.29, 0.717) is 41.6 Å². The number of anilines is 2. The van der Waals surface area contributed by atoms with Crippen molar-refractivity contribution in [2.75, 3.05) is 31.3 Å². The van der Waals surface area contributed by atoms with Crippen LogP contribution in [0.15, 0.2) is 25.3 Å². The Balaban J connectivity index is 1.11. The van der Waals surface area contributed by atoms with Crippen LogP contribution in [0.1, 0.15) is 44.6 Å². The second-order valence-electron chi connectivity index (χ2n) is 11.1. The van der Waals surface area contributed by atoms with Gasteiger partial charge in [0.2, 0.25) is 0 Å². The van der Waals surface area contributed by atoms with E-state index in [1.54, 1.807) is 4.57 Å². The summed E-state index contributed by atoms with van der Waals surface area (Å²) in [7, 11) is -9.42. The van der Waals surface area contributed by atoms with E-state index in [1.807, 2.05) is 0 Å². The van der Waals surface area contributed by atoms with Crippen molar-refractivity contribution in [3.63, 3.8) is 0 Å². The molecule has 6 heterocycles. The van der Waals surface area contributed by atoms with Gasteiger partial charge in [-0.15, -0.1) is 12.3 Å². The molecule has 0 aromatic carbocycles. The first-order valence-corrected chi connectivity index (χ1v) is 18.0. The molecule has 2 unspecified atom stereocenters. The van der Waals surface area contributed by atoms with Gasteiger partial charge in [0.1, 0.15) is 54.5 Å². The molecule has 0 saturated carbocycles. The van der Waals surface area contributed by atoms with Crippen LogP contribution in [0.3, 0.4) is 0 Å². The van der Waals surface area contributed by atoms with Gasteiger partial charge in [-0.2, -0.15) is 0 Å². The van der Waals surface area contributed by atoms with Gasteiger partial charge in [0, 0.05) is 19.3 Å². The lowest BCUT2D eigenvalue weighted by molar-refractivity contribution is -0.0555. The lowest BCUT2D eigenvalue weighted by Crippen LogP contribution is -2.30. The monoisotopic (exact) mass is 724 g/mol. The number of aliphatic hydroxyl groups excluding tert-OH is 1. The number of rotatable bonds is 15. The summed E-state index contributed by atoms with van der Waals surface area (Å²) < 4.78 is 61.7. The number of ether oxygens (including phenoxy) is 2. The SMILES string of the molecule is C#CCCCCOP(=O)(O)OC[C@H]1O[C@@H](n2cnc3c(N)ncnc32)C[C@@H]1OP(=O)(O)OC[C@H]1O[C@@H](n2cnc3c(N)ncnc32)C[C@@H]1O. The smallest absolute Gasteiger partial charge is 0.390 e. The largest absolute Gasteiger partial charge is 0.472 e. The molecule has 7 N–H and O–H groups in total. The van der Waals surface area contributed by atoms with Crippen molar-refractivity contribution in [3.8, 4) is 12.3 Å². The Morgan fingerprint density at radius 3 is 2.04 bits per heavy atom. The van der Waals surface area contributed by atoms with E-state index < -0.39 is 65.7 Å². The summed E-state index contributed by atoms with van der Waals surface area (Å²) in [4.78, 5) is 45.5. The predicted molar refractivity (Wildman–Crippen MR) is 168 cm³/mol. The molecule has 6 rings (SSSR count). The fourth-order valence-electron chi connectivity index (χ4n) is 5.41. The molecule has 0 bridgehead atoms. The Hall–Kier alpha value is -3.64. The molecule has 2 saturated heterocycles. The van der Waals surface area contributed by atoms with Crippen LogP contribution in [0.5, 0.6) is 0 Å². The van der Waals surface area contributed by atoms with E-state index in [0.717, 1.165) is 0 Å². The second kappa shape index (κ2) is 14.7. The van der Waals surface area contributed by atoms with E-state index in [1.165, 1.54) is 29.9 Å². The maximum Gasteiger partial charge on any atom is 0.472 e. The standard InChI is InChI=1S/C26H34N10O11P2/c1-2-3-4-5-6-42-48(38,39)43-10-18-16(8-20(46-18)36-14-34-22-24(28)30-12-32-26(22)36)47-49(40,41)44-9-17-15(37)7-19(45-17)35-13-33-21-23(27)29-11-31-25(21)35/h1,11-20,37H,3-10H2,(H,38,39)(H,40,41)(H2,27,29,31)(H2,28,30,32)/t15-,16-,17+,18+,19+,20+/m0/s1. The van der Waals surface area contributed by atoms with Crippen molar-refractivity contribution >= 4 is 49.6 Å². The van der Waals surface area contributed by atoms with Crippen LogP contribution in [0.4, 0.5) is 11.6 Å². The summed E-state index contributed by atoms with van der Waals surface area (Å²) in [6.07, 6.45) is 5.97. The van der Waals surface area contributed by atoms with Gasteiger partial charge >= 0.3 is 15.6 Å². The minimum absolute atomic E-state index is 0.0662. The van der Waals surface area contributed by atoms with Crippen molar-refractivity contribution in [1.82, 2.24) is 39.0 Å². The number of aromatic nitrogens is 8. The second-order valence-corrected chi connectivity index (χ2v) is 14.0. The number of aliphatic hydroxyl groups is 1. The normalized spacial score (nSPS) is 26.6. The van der Waals surface area contributed by atoms with Gasteiger partial charge in [-0.1, -0.05) is 0 Å². The summed E-state index contributed by atoms with van der Waals surface area (Å²) in [5.74, 6) is 2.77. The zero-order chi connectivity index (χ0) is 34.8. The molecule has 264 valence electrons. The number of unbranched alkanes of at least 4 members (excludes halogenated alkanes) is 2. The maximum absolute atomic E-state index is 13.2. The third-order valence-corrected chi connectivity index (χ3v) is 9.82. The lowest BCUT2D eigenvalue weighted by atomic mass is 10.2. The van der Waals surface area contributed by atoms with Crippen molar-refractivity contribution in [2.24, 2.45) is 0 Å². The van der Waals surface area contributed by atoms with E-state index in [4.69, 9.17) is 45.5 Å². The molecule has 0 aliphatic carbocycles. The number of phosphoric ester groups is 2. The topological polar surface area (TPSA) is 289 Å². The quantitative estimate of drug-likeness (QED) is 0.0654. The highest BCUT2D eigenvalue weighted by atomic mass is 31.2. The summed E-state index contributed by atoms with van der Waals surface area (Å²) in [5, 5.41) is 10.7. The minimum Gasteiger partial charge on any atom is -0.390 e. The van der Waals surface area contributed by atoms with Gasteiger partial charge in [0.15, 0.2) is 22.9 Å². The van der Waals surface area contributed by atoms with Crippen LogP contribution in [0, 0.1) is 12.3 Å². The molecule has 21 nitrogen and oxygen atoms in total. The highest BCUT2D eigenvalue weighted by Crippen LogP contribution is 2.50. The average molecular weight is 725 g/mol. The molecule has 4 aromatic heterocycles. The number of hydrogen-bond donors (Lipinski definition) is 5. The van der Waals surface area contributed by atoms with E-state index in [2.05, 4.69) is 35.8 Å².